The Labute approximate surface area is 145 Å². The number of halogens is 1. The van der Waals surface area contributed by atoms with Crippen LogP contribution in [-0.4, -0.2) is 59.5 Å². The third-order valence-electron chi connectivity index (χ3n) is 4.27. The van der Waals surface area contributed by atoms with Gasteiger partial charge in [-0.05, 0) is 44.9 Å². The topological polar surface area (TPSA) is 60.9 Å². The first-order valence-electron chi connectivity index (χ1n) is 7.89. The number of thiophene rings is 1. The van der Waals surface area contributed by atoms with Gasteiger partial charge in [0.05, 0.1) is 10.9 Å². The zero-order valence-electron chi connectivity index (χ0n) is 13.3. The van der Waals surface area contributed by atoms with Crippen LogP contribution in [0.4, 0.5) is 0 Å². The van der Waals surface area contributed by atoms with Crippen molar-refractivity contribution in [1.29, 1.82) is 0 Å². The van der Waals surface area contributed by atoms with Crippen LogP contribution < -0.4 is 0 Å². The van der Waals surface area contributed by atoms with Crippen molar-refractivity contribution in [2.24, 2.45) is 0 Å². The molecule has 1 aromatic heterocycles. The fourth-order valence-corrected chi connectivity index (χ4v) is 4.07. The Hall–Kier alpha value is -1.11. The molecule has 1 aromatic rings. The van der Waals surface area contributed by atoms with E-state index in [2.05, 4.69) is 0 Å². The maximum absolute atomic E-state index is 12.4. The van der Waals surface area contributed by atoms with Crippen molar-refractivity contribution in [3.8, 4) is 0 Å². The molecule has 0 radical (unpaired) electrons. The SMILES string of the molecule is CN(CC(=O)O)C1CCCN(C(=O)CCc2ccc(Cl)s2)CC1. The van der Waals surface area contributed by atoms with Crippen LogP contribution >= 0.6 is 22.9 Å². The molecule has 1 atom stereocenters. The predicted molar refractivity (Wildman–Crippen MR) is 92.1 cm³/mol. The third-order valence-corrected chi connectivity index (χ3v) is 5.56. The van der Waals surface area contributed by atoms with Gasteiger partial charge in [-0.1, -0.05) is 11.6 Å². The molecule has 0 saturated carbocycles. The second kappa shape index (κ2) is 8.66. The molecule has 0 spiro atoms. The van der Waals surface area contributed by atoms with Gasteiger partial charge in [0.1, 0.15) is 0 Å². The minimum absolute atomic E-state index is 0.0533. The highest BCUT2D eigenvalue weighted by Gasteiger charge is 2.23. The lowest BCUT2D eigenvalue weighted by atomic mass is 10.1. The molecule has 1 aliphatic rings. The summed E-state index contributed by atoms with van der Waals surface area (Å²) in [5.74, 6) is -0.629. The standard InChI is InChI=1S/C16H23ClN2O3S/c1-18(11-16(21)22)12-3-2-9-19(10-8-12)15(20)7-5-13-4-6-14(17)23-13/h4,6,12H,2-3,5,7-11H2,1H3,(H,21,22). The van der Waals surface area contributed by atoms with E-state index >= 15 is 0 Å². The van der Waals surface area contributed by atoms with Crippen LogP contribution in [0.25, 0.3) is 0 Å². The van der Waals surface area contributed by atoms with E-state index in [9.17, 15) is 9.59 Å². The number of rotatable bonds is 6. The first kappa shape index (κ1) is 18.2. The number of carboxylic acid groups (broad SMARTS) is 1. The largest absolute Gasteiger partial charge is 0.480 e. The molecule has 1 amide bonds. The van der Waals surface area contributed by atoms with Crippen molar-refractivity contribution in [3.05, 3.63) is 21.3 Å². The monoisotopic (exact) mass is 358 g/mol. The molecular weight excluding hydrogens is 336 g/mol. The summed E-state index contributed by atoms with van der Waals surface area (Å²) in [6.45, 7) is 1.53. The average molecular weight is 359 g/mol. The van der Waals surface area contributed by atoms with E-state index in [1.165, 1.54) is 11.3 Å². The van der Waals surface area contributed by atoms with E-state index < -0.39 is 5.97 Å². The van der Waals surface area contributed by atoms with Crippen molar-refractivity contribution in [2.45, 2.75) is 38.1 Å². The summed E-state index contributed by atoms with van der Waals surface area (Å²) in [5.41, 5.74) is 0. The molecule has 2 rings (SSSR count). The van der Waals surface area contributed by atoms with Gasteiger partial charge in [-0.15, -0.1) is 11.3 Å². The van der Waals surface area contributed by atoms with E-state index in [0.29, 0.717) is 13.0 Å². The second-order valence-electron chi connectivity index (χ2n) is 5.98. The van der Waals surface area contributed by atoms with Crippen LogP contribution in [0, 0.1) is 0 Å². The molecule has 23 heavy (non-hydrogen) atoms. The highest BCUT2D eigenvalue weighted by Crippen LogP contribution is 2.23. The highest BCUT2D eigenvalue weighted by atomic mass is 35.5. The highest BCUT2D eigenvalue weighted by molar-refractivity contribution is 7.16. The molecule has 0 bridgehead atoms. The Morgan fingerprint density at radius 2 is 2.17 bits per heavy atom. The van der Waals surface area contributed by atoms with Crippen molar-refractivity contribution in [1.82, 2.24) is 9.80 Å². The minimum Gasteiger partial charge on any atom is -0.480 e. The van der Waals surface area contributed by atoms with Gasteiger partial charge in [0.25, 0.3) is 0 Å². The van der Waals surface area contributed by atoms with Crippen LogP contribution in [0.5, 0.6) is 0 Å². The first-order chi connectivity index (χ1) is 11.0. The van der Waals surface area contributed by atoms with E-state index in [1.807, 2.05) is 29.0 Å². The van der Waals surface area contributed by atoms with Crippen LogP contribution in [0.15, 0.2) is 12.1 Å². The number of hydrogen-bond donors (Lipinski definition) is 1. The number of carbonyl (C=O) groups is 2. The number of aliphatic carboxylic acids is 1. The quantitative estimate of drug-likeness (QED) is 0.849. The summed E-state index contributed by atoms with van der Waals surface area (Å²) in [4.78, 5) is 28.1. The third kappa shape index (κ3) is 5.79. The molecule has 5 nitrogen and oxygen atoms in total. The van der Waals surface area contributed by atoms with Gasteiger partial charge >= 0.3 is 5.97 Å². The van der Waals surface area contributed by atoms with Crippen LogP contribution in [0.2, 0.25) is 4.34 Å². The minimum atomic E-state index is -0.806. The van der Waals surface area contributed by atoms with Gasteiger partial charge in [0.15, 0.2) is 0 Å². The molecular formula is C16H23ClN2O3S. The number of carbonyl (C=O) groups excluding carboxylic acids is 1. The van der Waals surface area contributed by atoms with Gasteiger partial charge in [-0.2, -0.15) is 0 Å². The van der Waals surface area contributed by atoms with Gasteiger partial charge in [0, 0.05) is 30.4 Å². The number of likely N-dealkylation sites (tertiary alicyclic amines) is 1. The van der Waals surface area contributed by atoms with Crippen LogP contribution in [-0.2, 0) is 16.0 Å². The summed E-state index contributed by atoms with van der Waals surface area (Å²) < 4.78 is 0.756. The predicted octanol–water partition coefficient (Wildman–Crippen LogP) is 2.73. The maximum atomic E-state index is 12.4. The van der Waals surface area contributed by atoms with E-state index in [-0.39, 0.29) is 18.5 Å². The fraction of sp³-hybridized carbons (Fsp3) is 0.625. The molecule has 1 aliphatic heterocycles. The molecule has 128 valence electrons. The number of nitrogens with zero attached hydrogens (tertiary/aromatic N) is 2. The lowest BCUT2D eigenvalue weighted by molar-refractivity contribution is -0.138. The second-order valence-corrected chi connectivity index (χ2v) is 7.78. The Bertz CT molecular complexity index is 549. The summed E-state index contributed by atoms with van der Waals surface area (Å²) in [7, 11) is 1.84. The Morgan fingerprint density at radius 1 is 1.39 bits per heavy atom. The lowest BCUT2D eigenvalue weighted by Gasteiger charge is -2.25. The Balaban J connectivity index is 1.80. The Morgan fingerprint density at radius 3 is 2.83 bits per heavy atom. The molecule has 1 N–H and O–H groups in total. The number of amides is 1. The van der Waals surface area contributed by atoms with Gasteiger partial charge in [-0.25, -0.2) is 0 Å². The summed E-state index contributed by atoms with van der Waals surface area (Å²) in [6.07, 6.45) is 3.93. The van der Waals surface area contributed by atoms with Gasteiger partial charge in [-0.3, -0.25) is 14.5 Å². The number of carboxylic acids is 1. The molecule has 1 saturated heterocycles. The molecule has 1 unspecified atom stereocenters. The summed E-state index contributed by atoms with van der Waals surface area (Å²) in [6, 6.07) is 4.07. The van der Waals surface area contributed by atoms with E-state index in [1.54, 1.807) is 0 Å². The normalized spacial score (nSPS) is 18.9. The average Bonchev–Trinajstić information content (AvgIpc) is 2.75. The van der Waals surface area contributed by atoms with Crippen molar-refractivity contribution < 1.29 is 14.7 Å². The molecule has 0 aliphatic carbocycles. The summed E-state index contributed by atoms with van der Waals surface area (Å²) >= 11 is 7.43. The number of hydrogen-bond acceptors (Lipinski definition) is 4. The van der Waals surface area contributed by atoms with E-state index in [4.69, 9.17) is 16.7 Å². The van der Waals surface area contributed by atoms with Gasteiger partial charge < -0.3 is 10.0 Å². The molecule has 7 heteroatoms. The number of likely N-dealkylation sites (N-methyl/N-ethyl adjacent to an activating group) is 1. The van der Waals surface area contributed by atoms with Crippen molar-refractivity contribution in [3.63, 3.8) is 0 Å². The van der Waals surface area contributed by atoms with E-state index in [0.717, 1.165) is 41.4 Å². The molecule has 2 heterocycles. The molecule has 0 aromatic carbocycles. The van der Waals surface area contributed by atoms with Crippen LogP contribution in [0.3, 0.4) is 0 Å². The first-order valence-corrected chi connectivity index (χ1v) is 9.09. The fourth-order valence-electron chi connectivity index (χ4n) is 2.99. The smallest absolute Gasteiger partial charge is 0.317 e. The maximum Gasteiger partial charge on any atom is 0.317 e. The lowest BCUT2D eigenvalue weighted by Crippen LogP contribution is -2.37. The zero-order valence-corrected chi connectivity index (χ0v) is 14.9. The van der Waals surface area contributed by atoms with Crippen LogP contribution in [0.1, 0.15) is 30.6 Å². The molecule has 1 fully saturated rings. The summed E-state index contributed by atoms with van der Waals surface area (Å²) in [5, 5.41) is 8.89. The zero-order chi connectivity index (χ0) is 16.8. The Kier molecular flexibility index (Phi) is 6.87. The van der Waals surface area contributed by atoms with Crippen molar-refractivity contribution >= 4 is 34.8 Å². The number of aryl methyl sites for hydroxylation is 1. The van der Waals surface area contributed by atoms with Gasteiger partial charge in [0.2, 0.25) is 5.91 Å². The van der Waals surface area contributed by atoms with Crippen molar-refractivity contribution in [2.75, 3.05) is 26.7 Å².